The summed E-state index contributed by atoms with van der Waals surface area (Å²) in [5, 5.41) is 4.66. The fourth-order valence-corrected chi connectivity index (χ4v) is 2.61. The van der Waals surface area contributed by atoms with E-state index in [1.807, 2.05) is 18.2 Å². The van der Waals surface area contributed by atoms with E-state index >= 15 is 0 Å². The highest BCUT2D eigenvalue weighted by atomic mass is 35.5. The molecule has 1 unspecified atom stereocenters. The van der Waals surface area contributed by atoms with Crippen LogP contribution in [-0.2, 0) is 6.54 Å². The van der Waals surface area contributed by atoms with Gasteiger partial charge in [-0.1, -0.05) is 42.3 Å². The predicted octanol–water partition coefficient (Wildman–Crippen LogP) is 4.51. The minimum absolute atomic E-state index is 0.318. The van der Waals surface area contributed by atoms with Crippen LogP contribution in [-0.4, -0.2) is 11.1 Å². The third-order valence-corrected chi connectivity index (χ3v) is 4.05. The second-order valence-corrected chi connectivity index (χ2v) is 5.34. The Balaban J connectivity index is 2.24. The van der Waals surface area contributed by atoms with Crippen molar-refractivity contribution in [3.05, 3.63) is 57.8 Å². The van der Waals surface area contributed by atoms with Gasteiger partial charge >= 0.3 is 0 Å². The third kappa shape index (κ3) is 3.33. The van der Waals surface area contributed by atoms with Gasteiger partial charge in [0.2, 0.25) is 0 Å². The highest BCUT2D eigenvalue weighted by Crippen LogP contribution is 2.27. The van der Waals surface area contributed by atoms with Crippen molar-refractivity contribution in [2.75, 3.05) is 6.54 Å². The van der Waals surface area contributed by atoms with Gasteiger partial charge in [-0.15, -0.1) is 0 Å². The molecule has 0 amide bonds. The van der Waals surface area contributed by atoms with Gasteiger partial charge in [-0.2, -0.15) is 0 Å². The van der Waals surface area contributed by atoms with Crippen LogP contribution in [0.15, 0.2) is 36.5 Å². The van der Waals surface area contributed by atoms with Gasteiger partial charge in [-0.25, -0.2) is 0 Å². The lowest BCUT2D eigenvalue weighted by molar-refractivity contribution is 0.553. The highest BCUT2D eigenvalue weighted by molar-refractivity contribution is 6.42. The van der Waals surface area contributed by atoms with Crippen molar-refractivity contribution >= 4 is 23.2 Å². The summed E-state index contributed by atoms with van der Waals surface area (Å²) in [5.74, 6) is 0. The molecule has 102 valence electrons. The average Bonchev–Trinajstić information content (AvgIpc) is 2.83. The van der Waals surface area contributed by atoms with E-state index in [1.54, 1.807) is 0 Å². The van der Waals surface area contributed by atoms with E-state index in [-0.39, 0.29) is 0 Å². The van der Waals surface area contributed by atoms with E-state index in [0.29, 0.717) is 16.1 Å². The normalized spacial score (nSPS) is 12.6. The molecule has 0 spiro atoms. The summed E-state index contributed by atoms with van der Waals surface area (Å²) in [4.78, 5) is 0. The topological polar surface area (TPSA) is 17.0 Å². The molecule has 0 saturated heterocycles. The van der Waals surface area contributed by atoms with Crippen LogP contribution in [0.4, 0.5) is 0 Å². The number of hydrogen-bond donors (Lipinski definition) is 1. The molecular formula is C15H18Cl2N2. The number of nitrogens with one attached hydrogen (secondary N) is 1. The number of hydrogen-bond acceptors (Lipinski definition) is 1. The predicted molar refractivity (Wildman–Crippen MR) is 82.1 cm³/mol. The number of aromatic nitrogens is 1. The quantitative estimate of drug-likeness (QED) is 0.859. The van der Waals surface area contributed by atoms with Gasteiger partial charge < -0.3 is 9.88 Å². The van der Waals surface area contributed by atoms with Gasteiger partial charge in [0.05, 0.1) is 10.0 Å². The van der Waals surface area contributed by atoms with Crippen molar-refractivity contribution in [2.45, 2.75) is 26.4 Å². The Labute approximate surface area is 124 Å². The molecule has 2 rings (SSSR count). The fourth-order valence-electron chi connectivity index (χ4n) is 2.23. The Bertz CT molecular complexity index is 549. The highest BCUT2D eigenvalue weighted by Gasteiger charge is 2.11. The molecule has 0 aliphatic rings. The maximum Gasteiger partial charge on any atom is 0.0642 e. The molecule has 0 fully saturated rings. The Morgan fingerprint density at radius 2 is 2.00 bits per heavy atom. The smallest absolute Gasteiger partial charge is 0.0642 e. The van der Waals surface area contributed by atoms with Crippen LogP contribution in [0.25, 0.3) is 0 Å². The Morgan fingerprint density at radius 1 is 1.21 bits per heavy atom. The van der Waals surface area contributed by atoms with Crippen molar-refractivity contribution in [3.63, 3.8) is 0 Å². The monoisotopic (exact) mass is 296 g/mol. The first-order chi connectivity index (χ1) is 9.13. The van der Waals surface area contributed by atoms with Gasteiger partial charge in [0, 0.05) is 24.5 Å². The van der Waals surface area contributed by atoms with Crippen LogP contribution in [0.5, 0.6) is 0 Å². The van der Waals surface area contributed by atoms with Crippen molar-refractivity contribution in [3.8, 4) is 0 Å². The lowest BCUT2D eigenvalue weighted by Gasteiger charge is -2.17. The van der Waals surface area contributed by atoms with E-state index in [9.17, 15) is 0 Å². The Morgan fingerprint density at radius 3 is 2.74 bits per heavy atom. The summed E-state index contributed by atoms with van der Waals surface area (Å²) >= 11 is 12.3. The van der Waals surface area contributed by atoms with Crippen molar-refractivity contribution in [2.24, 2.45) is 0 Å². The maximum atomic E-state index is 6.24. The van der Waals surface area contributed by atoms with E-state index in [4.69, 9.17) is 23.2 Å². The second-order valence-electron chi connectivity index (χ2n) is 4.55. The molecule has 0 aliphatic carbocycles. The lowest BCUT2D eigenvalue weighted by atomic mass is 10.2. The molecule has 0 saturated carbocycles. The molecule has 0 bridgehead atoms. The summed E-state index contributed by atoms with van der Waals surface area (Å²) in [7, 11) is 0. The fraction of sp³-hybridized carbons (Fsp3) is 0.333. The summed E-state index contributed by atoms with van der Waals surface area (Å²) in [6, 6.07) is 10.3. The van der Waals surface area contributed by atoms with Crippen LogP contribution in [0, 0.1) is 0 Å². The van der Waals surface area contributed by atoms with Crippen molar-refractivity contribution in [1.82, 2.24) is 9.88 Å². The van der Waals surface area contributed by atoms with Gasteiger partial charge in [-0.05, 0) is 37.2 Å². The molecule has 19 heavy (non-hydrogen) atoms. The number of rotatable bonds is 5. The third-order valence-electron chi connectivity index (χ3n) is 3.19. The molecule has 4 heteroatoms. The second kappa shape index (κ2) is 6.47. The first-order valence-corrected chi connectivity index (χ1v) is 7.20. The molecule has 2 aromatic rings. The Hall–Kier alpha value is -0.960. The maximum absolute atomic E-state index is 6.24. The van der Waals surface area contributed by atoms with Crippen molar-refractivity contribution < 1.29 is 0 Å². The van der Waals surface area contributed by atoms with E-state index < -0.39 is 0 Å². The summed E-state index contributed by atoms with van der Waals surface area (Å²) in [6.07, 6.45) is 2.07. The van der Waals surface area contributed by atoms with Gasteiger partial charge in [0.25, 0.3) is 0 Å². The first-order valence-electron chi connectivity index (χ1n) is 6.44. The van der Waals surface area contributed by atoms with Crippen LogP contribution < -0.4 is 5.32 Å². The molecule has 1 aromatic heterocycles. The number of nitrogens with zero attached hydrogens (tertiary/aromatic N) is 1. The zero-order valence-electron chi connectivity index (χ0n) is 11.2. The molecule has 0 aliphatic heterocycles. The first kappa shape index (κ1) is 14.4. The van der Waals surface area contributed by atoms with Crippen LogP contribution >= 0.6 is 23.2 Å². The van der Waals surface area contributed by atoms with Gasteiger partial charge in [0.1, 0.15) is 0 Å². The SMILES string of the molecule is CCNC(C)c1cccn1Cc1cccc(Cl)c1Cl. The molecule has 1 N–H and O–H groups in total. The van der Waals surface area contributed by atoms with Crippen LogP contribution in [0.1, 0.15) is 31.1 Å². The number of benzene rings is 1. The molecule has 1 heterocycles. The average molecular weight is 297 g/mol. The van der Waals surface area contributed by atoms with Crippen LogP contribution in [0.3, 0.4) is 0 Å². The molecule has 1 aromatic carbocycles. The largest absolute Gasteiger partial charge is 0.346 e. The molecule has 1 atom stereocenters. The zero-order valence-corrected chi connectivity index (χ0v) is 12.7. The summed E-state index contributed by atoms with van der Waals surface area (Å²) in [5.41, 5.74) is 2.29. The van der Waals surface area contributed by atoms with Crippen molar-refractivity contribution in [1.29, 1.82) is 0 Å². The van der Waals surface area contributed by atoms with E-state index in [1.165, 1.54) is 5.69 Å². The standard InChI is InChI=1S/C15H18Cl2N2/c1-3-18-11(2)14-8-5-9-19(14)10-12-6-4-7-13(16)15(12)17/h4-9,11,18H,3,10H2,1-2H3. The number of halogens is 2. The lowest BCUT2D eigenvalue weighted by Crippen LogP contribution is -2.20. The van der Waals surface area contributed by atoms with Crippen LogP contribution in [0.2, 0.25) is 10.0 Å². The Kier molecular flexibility index (Phi) is 4.92. The molecule has 0 radical (unpaired) electrons. The molecular weight excluding hydrogens is 279 g/mol. The summed E-state index contributed by atoms with van der Waals surface area (Å²) in [6.45, 7) is 5.95. The summed E-state index contributed by atoms with van der Waals surface area (Å²) < 4.78 is 2.20. The van der Waals surface area contributed by atoms with E-state index in [0.717, 1.165) is 18.7 Å². The van der Waals surface area contributed by atoms with E-state index in [2.05, 4.69) is 42.1 Å². The zero-order chi connectivity index (χ0) is 13.8. The molecule has 2 nitrogen and oxygen atoms in total. The minimum Gasteiger partial charge on any atom is -0.346 e. The van der Waals surface area contributed by atoms with Gasteiger partial charge in [0.15, 0.2) is 0 Å². The minimum atomic E-state index is 0.318. The van der Waals surface area contributed by atoms with Gasteiger partial charge in [-0.3, -0.25) is 0 Å².